The summed E-state index contributed by atoms with van der Waals surface area (Å²) in [4.78, 5) is 3.69. The Balaban J connectivity index is 2.20. The van der Waals surface area contributed by atoms with Gasteiger partial charge in [0.1, 0.15) is 0 Å². The molecule has 0 saturated carbocycles. The molecule has 0 bridgehead atoms. The van der Waals surface area contributed by atoms with Crippen LogP contribution in [0.15, 0.2) is 12.1 Å². The van der Waals surface area contributed by atoms with E-state index in [2.05, 4.69) is 24.8 Å². The van der Waals surface area contributed by atoms with Gasteiger partial charge in [0.25, 0.3) is 0 Å². The maximum atomic E-state index is 6.22. The number of methoxy groups -OCH3 is 1. The highest BCUT2D eigenvalue weighted by molar-refractivity contribution is 7.16. The minimum absolute atomic E-state index is 0.0631. The monoisotopic (exact) mass is 302 g/mol. The molecule has 3 atom stereocenters. The summed E-state index contributed by atoms with van der Waals surface area (Å²) in [6, 6.07) is 4.36. The third-order valence-corrected chi connectivity index (χ3v) is 5.26. The van der Waals surface area contributed by atoms with Crippen LogP contribution in [0.5, 0.6) is 0 Å². The van der Waals surface area contributed by atoms with Gasteiger partial charge in [-0.1, -0.05) is 11.6 Å². The van der Waals surface area contributed by atoms with E-state index in [1.807, 2.05) is 6.07 Å². The van der Waals surface area contributed by atoms with E-state index in [1.165, 1.54) is 4.88 Å². The highest BCUT2D eigenvalue weighted by Crippen LogP contribution is 2.36. The first kappa shape index (κ1) is 15.3. The Morgan fingerprint density at radius 1 is 1.53 bits per heavy atom. The molecule has 2 heterocycles. The van der Waals surface area contributed by atoms with Crippen molar-refractivity contribution >= 4 is 22.9 Å². The fourth-order valence-electron chi connectivity index (χ4n) is 2.91. The first-order valence-electron chi connectivity index (χ1n) is 6.75. The van der Waals surface area contributed by atoms with Gasteiger partial charge in [-0.2, -0.15) is 0 Å². The molecular formula is C14H23ClN2OS. The number of hydrogen-bond donors (Lipinski definition) is 1. The summed E-state index contributed by atoms with van der Waals surface area (Å²) in [7, 11) is 1.80. The number of nitrogens with two attached hydrogens (primary N) is 1. The lowest BCUT2D eigenvalue weighted by Crippen LogP contribution is -2.51. The molecule has 1 aromatic heterocycles. The van der Waals surface area contributed by atoms with Crippen molar-refractivity contribution in [1.29, 1.82) is 0 Å². The topological polar surface area (TPSA) is 38.5 Å². The SMILES string of the molecule is COC1(C)CCCN(C(c2ccc(Cl)s2)C(C)N)C1. The van der Waals surface area contributed by atoms with Crippen molar-refractivity contribution in [2.24, 2.45) is 5.73 Å². The first-order valence-corrected chi connectivity index (χ1v) is 7.95. The molecule has 5 heteroatoms. The van der Waals surface area contributed by atoms with Gasteiger partial charge >= 0.3 is 0 Å². The molecule has 0 amide bonds. The number of ether oxygens (including phenoxy) is 1. The van der Waals surface area contributed by atoms with Gasteiger partial charge in [-0.05, 0) is 45.4 Å². The number of piperidine rings is 1. The average molecular weight is 303 g/mol. The number of likely N-dealkylation sites (tertiary alicyclic amines) is 1. The zero-order valence-electron chi connectivity index (χ0n) is 11.9. The fourth-order valence-corrected chi connectivity index (χ4v) is 4.22. The van der Waals surface area contributed by atoms with Gasteiger partial charge in [-0.3, -0.25) is 4.90 Å². The molecule has 0 spiro atoms. The van der Waals surface area contributed by atoms with Crippen LogP contribution in [0.2, 0.25) is 4.34 Å². The molecule has 3 unspecified atom stereocenters. The molecule has 19 heavy (non-hydrogen) atoms. The predicted octanol–water partition coefficient (Wildman–Crippen LogP) is 3.29. The van der Waals surface area contributed by atoms with Gasteiger partial charge < -0.3 is 10.5 Å². The predicted molar refractivity (Wildman–Crippen MR) is 81.9 cm³/mol. The van der Waals surface area contributed by atoms with E-state index in [-0.39, 0.29) is 17.7 Å². The van der Waals surface area contributed by atoms with Crippen molar-refractivity contribution < 1.29 is 4.74 Å². The van der Waals surface area contributed by atoms with Gasteiger partial charge in [-0.15, -0.1) is 11.3 Å². The Morgan fingerprint density at radius 3 is 2.79 bits per heavy atom. The van der Waals surface area contributed by atoms with Crippen molar-refractivity contribution in [3.05, 3.63) is 21.3 Å². The first-order chi connectivity index (χ1) is 8.95. The molecule has 1 aromatic rings. The standard InChI is InChI=1S/C14H23ClN2OS/c1-10(16)13(11-5-6-12(15)19-11)17-8-4-7-14(2,9-17)18-3/h5-6,10,13H,4,7-9,16H2,1-3H3. The minimum Gasteiger partial charge on any atom is -0.377 e. The van der Waals surface area contributed by atoms with Crippen LogP contribution < -0.4 is 5.73 Å². The number of rotatable bonds is 4. The van der Waals surface area contributed by atoms with Crippen molar-refractivity contribution in [2.45, 2.75) is 44.4 Å². The van der Waals surface area contributed by atoms with Crippen LogP contribution in [0.25, 0.3) is 0 Å². The second kappa shape index (κ2) is 6.10. The van der Waals surface area contributed by atoms with Crippen LogP contribution in [0.4, 0.5) is 0 Å². The molecule has 0 aliphatic carbocycles. The van der Waals surface area contributed by atoms with Crippen LogP contribution in [-0.2, 0) is 4.74 Å². The largest absolute Gasteiger partial charge is 0.377 e. The van der Waals surface area contributed by atoms with E-state index in [0.717, 1.165) is 30.3 Å². The summed E-state index contributed by atoms with van der Waals surface area (Å²) < 4.78 is 6.50. The van der Waals surface area contributed by atoms with Crippen LogP contribution >= 0.6 is 22.9 Å². The second-order valence-electron chi connectivity index (χ2n) is 5.67. The molecule has 108 valence electrons. The molecule has 1 fully saturated rings. The summed E-state index contributed by atoms with van der Waals surface area (Å²) in [5.41, 5.74) is 6.16. The minimum atomic E-state index is -0.0631. The van der Waals surface area contributed by atoms with Gasteiger partial charge in [0.2, 0.25) is 0 Å². The highest BCUT2D eigenvalue weighted by Gasteiger charge is 2.36. The van der Waals surface area contributed by atoms with Crippen molar-refractivity contribution in [3.8, 4) is 0 Å². The highest BCUT2D eigenvalue weighted by atomic mass is 35.5. The lowest BCUT2D eigenvalue weighted by atomic mass is 9.92. The number of halogens is 1. The fraction of sp³-hybridized carbons (Fsp3) is 0.714. The maximum absolute atomic E-state index is 6.22. The summed E-state index contributed by atoms with van der Waals surface area (Å²) in [6.45, 7) is 6.24. The molecule has 3 nitrogen and oxygen atoms in total. The Morgan fingerprint density at radius 2 is 2.26 bits per heavy atom. The third kappa shape index (κ3) is 3.50. The van der Waals surface area contributed by atoms with Gasteiger partial charge in [0.15, 0.2) is 0 Å². The van der Waals surface area contributed by atoms with Gasteiger partial charge in [0.05, 0.1) is 16.0 Å². The van der Waals surface area contributed by atoms with E-state index in [1.54, 1.807) is 18.4 Å². The van der Waals surface area contributed by atoms with E-state index in [4.69, 9.17) is 22.1 Å². The van der Waals surface area contributed by atoms with Crippen LogP contribution in [0.3, 0.4) is 0 Å². The lowest BCUT2D eigenvalue weighted by Gasteiger charge is -2.44. The molecule has 2 rings (SSSR count). The number of thiophene rings is 1. The summed E-state index contributed by atoms with van der Waals surface area (Å²) in [5, 5.41) is 0. The van der Waals surface area contributed by atoms with Crippen LogP contribution in [-0.4, -0.2) is 36.7 Å². The maximum Gasteiger partial charge on any atom is 0.0931 e. The normalized spacial score (nSPS) is 28.3. The number of nitrogens with zero attached hydrogens (tertiary/aromatic N) is 1. The smallest absolute Gasteiger partial charge is 0.0931 e. The van der Waals surface area contributed by atoms with Gasteiger partial charge in [-0.25, -0.2) is 0 Å². The Hall–Kier alpha value is -0.130. The molecular weight excluding hydrogens is 280 g/mol. The molecule has 0 radical (unpaired) electrons. The Kier molecular flexibility index (Phi) is 4.90. The molecule has 0 aromatic carbocycles. The van der Waals surface area contributed by atoms with Crippen molar-refractivity contribution in [3.63, 3.8) is 0 Å². The van der Waals surface area contributed by atoms with E-state index in [0.29, 0.717) is 0 Å². The lowest BCUT2D eigenvalue weighted by molar-refractivity contribution is -0.0633. The zero-order valence-corrected chi connectivity index (χ0v) is 13.4. The summed E-state index contributed by atoms with van der Waals surface area (Å²) in [6.07, 6.45) is 2.25. The quantitative estimate of drug-likeness (QED) is 0.927. The van der Waals surface area contributed by atoms with Crippen LogP contribution in [0, 0.1) is 0 Å². The summed E-state index contributed by atoms with van der Waals surface area (Å²) >= 11 is 7.69. The zero-order chi connectivity index (χ0) is 14.0. The molecule has 1 saturated heterocycles. The van der Waals surface area contributed by atoms with Gasteiger partial charge in [0, 0.05) is 24.6 Å². The molecule has 1 aliphatic heterocycles. The average Bonchev–Trinajstić information content (AvgIpc) is 2.75. The van der Waals surface area contributed by atoms with E-state index >= 15 is 0 Å². The second-order valence-corrected chi connectivity index (χ2v) is 7.42. The van der Waals surface area contributed by atoms with Crippen LogP contribution in [0.1, 0.15) is 37.6 Å². The van der Waals surface area contributed by atoms with Crippen molar-refractivity contribution in [2.75, 3.05) is 20.2 Å². The molecule has 2 N–H and O–H groups in total. The Bertz CT molecular complexity index is 423. The summed E-state index contributed by atoms with van der Waals surface area (Å²) in [5.74, 6) is 0. The number of hydrogen-bond acceptors (Lipinski definition) is 4. The third-order valence-electron chi connectivity index (χ3n) is 3.96. The van der Waals surface area contributed by atoms with E-state index < -0.39 is 0 Å². The van der Waals surface area contributed by atoms with Crippen molar-refractivity contribution in [1.82, 2.24) is 4.90 Å². The molecule has 1 aliphatic rings. The Labute approximate surface area is 124 Å². The van der Waals surface area contributed by atoms with E-state index in [9.17, 15) is 0 Å².